The molecule has 11 heteroatoms. The van der Waals surface area contributed by atoms with Crippen LogP contribution in [0.5, 0.6) is 0 Å². The largest absolute Gasteiger partial charge is 0.385 e. The van der Waals surface area contributed by atoms with Gasteiger partial charge in [-0.3, -0.25) is 4.79 Å². The van der Waals surface area contributed by atoms with E-state index in [0.29, 0.717) is 19.6 Å². The van der Waals surface area contributed by atoms with Crippen molar-refractivity contribution in [3.05, 3.63) is 85.8 Å². The molecule has 0 fully saturated rings. The van der Waals surface area contributed by atoms with Gasteiger partial charge in [-0.05, 0) is 66.2 Å². The standard InChI is InChI=1S/C25H27Cl2FN2O4S2/c1-18-10-13-35-23(18)16-29(15-19-4-7-21(28)8-5-19)25(31)17-30(11-3-12-34-2)36(32,33)24-14-20(26)6-9-22(24)27/h4-10,13-14H,3,11-12,15-17H2,1-2H3. The molecule has 0 atom stereocenters. The van der Waals surface area contributed by atoms with Crippen molar-refractivity contribution in [2.45, 2.75) is 31.3 Å². The van der Waals surface area contributed by atoms with Gasteiger partial charge in [0.25, 0.3) is 0 Å². The van der Waals surface area contributed by atoms with Crippen LogP contribution in [0.4, 0.5) is 4.39 Å². The van der Waals surface area contributed by atoms with Gasteiger partial charge in [0.2, 0.25) is 15.9 Å². The Labute approximate surface area is 225 Å². The molecule has 0 saturated carbocycles. The van der Waals surface area contributed by atoms with E-state index < -0.39 is 22.5 Å². The third kappa shape index (κ3) is 7.50. The lowest BCUT2D eigenvalue weighted by Gasteiger charge is -2.28. The molecule has 0 spiro atoms. The number of ether oxygens (including phenoxy) is 1. The second kappa shape index (κ2) is 13.0. The minimum absolute atomic E-state index is 0.0148. The van der Waals surface area contributed by atoms with Crippen LogP contribution in [0, 0.1) is 12.7 Å². The zero-order valence-corrected chi connectivity index (χ0v) is 23.1. The summed E-state index contributed by atoms with van der Waals surface area (Å²) in [5.41, 5.74) is 1.76. The Bertz CT molecular complexity index is 1280. The predicted octanol–water partition coefficient (Wildman–Crippen LogP) is 5.76. The number of thiophene rings is 1. The molecule has 1 heterocycles. The number of aryl methyl sites for hydroxylation is 1. The number of rotatable bonds is 12. The number of benzene rings is 2. The second-order valence-corrected chi connectivity index (χ2v) is 11.9. The fourth-order valence-corrected chi connectivity index (χ4v) is 6.60. The Hall–Kier alpha value is -2.01. The lowest BCUT2D eigenvalue weighted by molar-refractivity contribution is -0.132. The van der Waals surface area contributed by atoms with E-state index in [1.165, 1.54) is 48.8 Å². The SMILES string of the molecule is COCCCN(CC(=O)N(Cc1ccc(F)cc1)Cc1sccc1C)S(=O)(=O)c1cc(Cl)ccc1Cl. The zero-order chi connectivity index (χ0) is 26.3. The van der Waals surface area contributed by atoms with Crippen molar-refractivity contribution in [1.82, 2.24) is 9.21 Å². The molecule has 3 rings (SSSR count). The zero-order valence-electron chi connectivity index (χ0n) is 19.9. The molecule has 1 aromatic heterocycles. The molecule has 0 radical (unpaired) electrons. The minimum atomic E-state index is -4.15. The van der Waals surface area contributed by atoms with Crippen LogP contribution in [0.15, 0.2) is 58.8 Å². The summed E-state index contributed by atoms with van der Waals surface area (Å²) >= 11 is 13.8. The van der Waals surface area contributed by atoms with Gasteiger partial charge in [-0.25, -0.2) is 12.8 Å². The topological polar surface area (TPSA) is 66.9 Å². The van der Waals surface area contributed by atoms with E-state index in [0.717, 1.165) is 20.3 Å². The average molecular weight is 574 g/mol. The van der Waals surface area contributed by atoms with Crippen molar-refractivity contribution >= 4 is 50.5 Å². The van der Waals surface area contributed by atoms with Gasteiger partial charge in [0.1, 0.15) is 10.7 Å². The fraction of sp³-hybridized carbons (Fsp3) is 0.320. The highest BCUT2D eigenvalue weighted by atomic mass is 35.5. The number of sulfonamides is 1. The highest BCUT2D eigenvalue weighted by Gasteiger charge is 2.30. The number of hydrogen-bond acceptors (Lipinski definition) is 5. The highest BCUT2D eigenvalue weighted by molar-refractivity contribution is 7.89. The molecule has 0 aliphatic carbocycles. The average Bonchev–Trinajstić information content (AvgIpc) is 3.25. The molecule has 0 saturated heterocycles. The van der Waals surface area contributed by atoms with Gasteiger partial charge >= 0.3 is 0 Å². The molecule has 0 bridgehead atoms. The van der Waals surface area contributed by atoms with Crippen molar-refractivity contribution in [2.75, 3.05) is 26.8 Å². The predicted molar refractivity (Wildman–Crippen MR) is 141 cm³/mol. The van der Waals surface area contributed by atoms with Crippen molar-refractivity contribution in [2.24, 2.45) is 0 Å². The van der Waals surface area contributed by atoms with E-state index in [4.69, 9.17) is 27.9 Å². The van der Waals surface area contributed by atoms with E-state index in [-0.39, 0.29) is 33.8 Å². The van der Waals surface area contributed by atoms with Gasteiger partial charge < -0.3 is 9.64 Å². The summed E-state index contributed by atoms with van der Waals surface area (Å²) in [6.07, 6.45) is 0.378. The lowest BCUT2D eigenvalue weighted by Crippen LogP contribution is -2.43. The Balaban J connectivity index is 1.91. The van der Waals surface area contributed by atoms with Crippen molar-refractivity contribution < 1.29 is 22.3 Å². The molecular formula is C25H27Cl2FN2O4S2. The van der Waals surface area contributed by atoms with E-state index in [9.17, 15) is 17.6 Å². The van der Waals surface area contributed by atoms with Gasteiger partial charge in [-0.2, -0.15) is 4.31 Å². The summed E-state index contributed by atoms with van der Waals surface area (Å²) < 4.78 is 46.7. The summed E-state index contributed by atoms with van der Waals surface area (Å²) in [5, 5.41) is 2.17. The maximum absolute atomic E-state index is 13.6. The quantitative estimate of drug-likeness (QED) is 0.259. The van der Waals surface area contributed by atoms with Gasteiger partial charge in [-0.15, -0.1) is 11.3 Å². The molecular weight excluding hydrogens is 546 g/mol. The first kappa shape index (κ1) is 28.6. The van der Waals surface area contributed by atoms with Crippen LogP contribution < -0.4 is 0 Å². The summed E-state index contributed by atoms with van der Waals surface area (Å²) in [6, 6.07) is 12.0. The van der Waals surface area contributed by atoms with Crippen LogP contribution in [-0.2, 0) is 32.6 Å². The number of hydrogen-bond donors (Lipinski definition) is 0. The molecule has 194 valence electrons. The minimum Gasteiger partial charge on any atom is -0.385 e. The molecule has 3 aromatic rings. The van der Waals surface area contributed by atoms with Gasteiger partial charge in [0.15, 0.2) is 0 Å². The second-order valence-electron chi connectivity index (χ2n) is 8.16. The number of carbonyl (C=O) groups excluding carboxylic acids is 1. The first-order valence-electron chi connectivity index (χ1n) is 11.1. The smallest absolute Gasteiger partial charge is 0.245 e. The molecule has 2 aromatic carbocycles. The maximum Gasteiger partial charge on any atom is 0.245 e. The van der Waals surface area contributed by atoms with E-state index in [2.05, 4.69) is 0 Å². The molecule has 0 aliphatic rings. The van der Waals surface area contributed by atoms with Crippen molar-refractivity contribution in [3.63, 3.8) is 0 Å². The number of halogens is 3. The molecule has 1 amide bonds. The molecule has 0 unspecified atom stereocenters. The summed E-state index contributed by atoms with van der Waals surface area (Å²) in [6.45, 7) is 2.41. The van der Waals surface area contributed by atoms with Crippen LogP contribution in [-0.4, -0.2) is 50.3 Å². The molecule has 0 N–H and O–H groups in total. The normalized spacial score (nSPS) is 11.7. The van der Waals surface area contributed by atoms with Crippen LogP contribution in [0.2, 0.25) is 10.0 Å². The van der Waals surface area contributed by atoms with Crippen LogP contribution in [0.3, 0.4) is 0 Å². The van der Waals surface area contributed by atoms with Crippen LogP contribution >= 0.6 is 34.5 Å². The van der Waals surface area contributed by atoms with Crippen molar-refractivity contribution in [3.8, 4) is 0 Å². The summed E-state index contributed by atoms with van der Waals surface area (Å²) in [4.78, 5) is 16.0. The number of nitrogens with zero attached hydrogens (tertiary/aromatic N) is 2. The van der Waals surface area contributed by atoms with E-state index in [1.807, 2.05) is 18.4 Å². The molecule has 0 aliphatic heterocycles. The summed E-state index contributed by atoms with van der Waals surface area (Å²) in [7, 11) is -2.63. The number of carbonyl (C=O) groups is 1. The first-order valence-corrected chi connectivity index (χ1v) is 14.2. The van der Waals surface area contributed by atoms with Gasteiger partial charge in [-0.1, -0.05) is 35.3 Å². The van der Waals surface area contributed by atoms with E-state index in [1.54, 1.807) is 17.0 Å². The Kier molecular flexibility index (Phi) is 10.3. The lowest BCUT2D eigenvalue weighted by atomic mass is 10.2. The Morgan fingerprint density at radius 3 is 2.44 bits per heavy atom. The van der Waals surface area contributed by atoms with Crippen LogP contribution in [0.1, 0.15) is 22.4 Å². The fourth-order valence-electron chi connectivity index (χ4n) is 3.52. The highest BCUT2D eigenvalue weighted by Crippen LogP contribution is 2.28. The van der Waals surface area contributed by atoms with Gasteiger partial charge in [0.05, 0.1) is 18.1 Å². The number of amides is 1. The monoisotopic (exact) mass is 572 g/mol. The van der Waals surface area contributed by atoms with Crippen LogP contribution in [0.25, 0.3) is 0 Å². The summed E-state index contributed by atoms with van der Waals surface area (Å²) in [5.74, 6) is -0.772. The third-order valence-corrected chi connectivity index (χ3v) is 9.09. The van der Waals surface area contributed by atoms with Gasteiger partial charge in [0, 0.05) is 36.7 Å². The number of methoxy groups -OCH3 is 1. The maximum atomic E-state index is 13.6. The Morgan fingerprint density at radius 1 is 1.08 bits per heavy atom. The van der Waals surface area contributed by atoms with Crippen molar-refractivity contribution in [1.29, 1.82) is 0 Å². The molecule has 6 nitrogen and oxygen atoms in total. The molecule has 36 heavy (non-hydrogen) atoms. The Morgan fingerprint density at radius 2 is 1.81 bits per heavy atom. The van der Waals surface area contributed by atoms with E-state index >= 15 is 0 Å². The first-order chi connectivity index (χ1) is 17.1. The third-order valence-electron chi connectivity index (χ3n) is 5.52.